The Labute approximate surface area is 132 Å². The fourth-order valence-electron chi connectivity index (χ4n) is 3.07. The number of methoxy groups -OCH3 is 3. The first kappa shape index (κ1) is 17.3. The van der Waals surface area contributed by atoms with Crippen molar-refractivity contribution in [1.29, 1.82) is 0 Å². The average molecular weight is 310 g/mol. The van der Waals surface area contributed by atoms with Crippen molar-refractivity contribution in [3.8, 4) is 0 Å². The second-order valence-corrected chi connectivity index (χ2v) is 5.38. The molecule has 0 saturated carbocycles. The number of benzene rings is 1. The molecule has 1 fully saturated rings. The Hall–Kier alpha value is -1.02. The minimum absolute atomic E-state index is 0.337. The maximum atomic E-state index is 11.5. The van der Waals surface area contributed by atoms with Gasteiger partial charge in [-0.1, -0.05) is 30.3 Å². The monoisotopic (exact) mass is 310 g/mol. The van der Waals surface area contributed by atoms with Gasteiger partial charge >= 0.3 is 5.97 Å². The van der Waals surface area contributed by atoms with Crippen LogP contribution in [0.1, 0.15) is 5.56 Å². The molecule has 6 nitrogen and oxygen atoms in total. The van der Waals surface area contributed by atoms with Crippen molar-refractivity contribution in [2.75, 3.05) is 47.5 Å². The predicted molar refractivity (Wildman–Crippen MR) is 83.3 cm³/mol. The summed E-state index contributed by atoms with van der Waals surface area (Å²) in [4.78, 5) is 1.95. The van der Waals surface area contributed by atoms with Gasteiger partial charge in [-0.3, -0.25) is 4.90 Å². The van der Waals surface area contributed by atoms with Crippen LogP contribution in [0.4, 0.5) is 0 Å². The summed E-state index contributed by atoms with van der Waals surface area (Å²) in [6, 6.07) is 9.78. The van der Waals surface area contributed by atoms with E-state index in [1.165, 1.54) is 21.3 Å². The highest BCUT2D eigenvalue weighted by Gasteiger charge is 2.57. The number of hydrogen-bond acceptors (Lipinski definition) is 6. The molecule has 0 spiro atoms. The van der Waals surface area contributed by atoms with Gasteiger partial charge in [0.05, 0.1) is 0 Å². The second kappa shape index (κ2) is 7.50. The zero-order valence-corrected chi connectivity index (χ0v) is 13.5. The first-order chi connectivity index (χ1) is 10.6. The number of piperazine rings is 1. The third-order valence-corrected chi connectivity index (χ3v) is 4.23. The Morgan fingerprint density at radius 3 is 2.09 bits per heavy atom. The number of nitrogens with zero attached hydrogens (tertiary/aromatic N) is 1. The van der Waals surface area contributed by atoms with E-state index in [-0.39, 0.29) is 0 Å². The molecule has 0 bridgehead atoms. The molecule has 0 aliphatic carbocycles. The Kier molecular flexibility index (Phi) is 5.91. The molecular weight excluding hydrogens is 284 g/mol. The number of nitrogens with one attached hydrogen (secondary N) is 1. The van der Waals surface area contributed by atoms with Crippen LogP contribution in [0, 0.1) is 0 Å². The molecule has 124 valence electrons. The highest BCUT2D eigenvalue weighted by atomic mass is 16.9. The Morgan fingerprint density at radius 1 is 1.05 bits per heavy atom. The smallest absolute Gasteiger partial charge is 0.327 e. The van der Waals surface area contributed by atoms with Crippen molar-refractivity contribution in [3.63, 3.8) is 0 Å². The van der Waals surface area contributed by atoms with Crippen LogP contribution in [0.3, 0.4) is 0 Å². The summed E-state index contributed by atoms with van der Waals surface area (Å²) in [7, 11) is 4.43. The molecule has 1 aliphatic rings. The zero-order valence-electron chi connectivity index (χ0n) is 13.5. The van der Waals surface area contributed by atoms with Gasteiger partial charge < -0.3 is 24.6 Å². The summed E-state index contributed by atoms with van der Waals surface area (Å²) in [5.74, 6) is -1.56. The van der Waals surface area contributed by atoms with Crippen LogP contribution < -0.4 is 5.32 Å². The predicted octanol–water partition coefficient (Wildman–Crippen LogP) is 0.416. The molecule has 1 saturated heterocycles. The van der Waals surface area contributed by atoms with Crippen molar-refractivity contribution in [2.24, 2.45) is 0 Å². The van der Waals surface area contributed by atoms with Crippen molar-refractivity contribution in [1.82, 2.24) is 10.2 Å². The number of hydrogen-bond donors (Lipinski definition) is 2. The van der Waals surface area contributed by atoms with E-state index < -0.39 is 11.7 Å². The lowest BCUT2D eigenvalue weighted by Crippen LogP contribution is -2.70. The molecule has 0 aromatic heterocycles. The van der Waals surface area contributed by atoms with Gasteiger partial charge in [-0.05, 0) is 5.56 Å². The van der Waals surface area contributed by atoms with Crippen LogP contribution in [0.25, 0.3) is 0 Å². The van der Waals surface area contributed by atoms with Crippen LogP contribution in [-0.4, -0.2) is 69.2 Å². The summed E-state index contributed by atoms with van der Waals surface area (Å²) < 4.78 is 16.4. The number of ether oxygens (including phenoxy) is 3. The topological polar surface area (TPSA) is 63.2 Å². The molecule has 0 radical (unpaired) electrons. The summed E-state index contributed by atoms with van der Waals surface area (Å²) in [6.45, 7) is 2.96. The zero-order chi connectivity index (χ0) is 16.1. The molecule has 6 heteroatoms. The molecule has 2 rings (SSSR count). The molecule has 1 aromatic rings. The summed E-state index contributed by atoms with van der Waals surface area (Å²) in [5.41, 5.74) is -0.451. The van der Waals surface area contributed by atoms with Gasteiger partial charge in [0, 0.05) is 53.9 Å². The minimum atomic E-state index is -1.56. The van der Waals surface area contributed by atoms with Crippen LogP contribution in [0.15, 0.2) is 30.3 Å². The molecule has 2 N–H and O–H groups in total. The Bertz CT molecular complexity index is 438. The van der Waals surface area contributed by atoms with E-state index in [1.807, 2.05) is 35.2 Å². The average Bonchev–Trinajstić information content (AvgIpc) is 2.58. The highest BCUT2D eigenvalue weighted by Crippen LogP contribution is 2.34. The molecule has 1 aliphatic heterocycles. The van der Waals surface area contributed by atoms with E-state index in [9.17, 15) is 5.11 Å². The van der Waals surface area contributed by atoms with E-state index in [0.717, 1.165) is 18.7 Å². The van der Waals surface area contributed by atoms with Crippen molar-refractivity contribution < 1.29 is 19.3 Å². The lowest BCUT2D eigenvalue weighted by atomic mass is 9.97. The number of aliphatic hydroxyl groups is 1. The lowest BCUT2D eigenvalue weighted by molar-refractivity contribution is -0.448. The molecule has 1 atom stereocenters. The van der Waals surface area contributed by atoms with Gasteiger partial charge in [0.25, 0.3) is 0 Å². The third-order valence-electron chi connectivity index (χ3n) is 4.23. The van der Waals surface area contributed by atoms with Crippen molar-refractivity contribution >= 4 is 0 Å². The van der Waals surface area contributed by atoms with E-state index in [4.69, 9.17) is 14.2 Å². The molecule has 0 amide bonds. The van der Waals surface area contributed by atoms with Gasteiger partial charge in [-0.2, -0.15) is 0 Å². The van der Waals surface area contributed by atoms with Crippen molar-refractivity contribution in [2.45, 2.75) is 18.1 Å². The normalized spacial score (nSPS) is 19.8. The van der Waals surface area contributed by atoms with E-state index >= 15 is 0 Å². The maximum Gasteiger partial charge on any atom is 0.327 e. The van der Waals surface area contributed by atoms with Gasteiger partial charge in [-0.25, -0.2) is 0 Å². The first-order valence-electron chi connectivity index (χ1n) is 7.49. The van der Waals surface area contributed by atoms with Gasteiger partial charge in [-0.15, -0.1) is 0 Å². The van der Waals surface area contributed by atoms with Gasteiger partial charge in [0.15, 0.2) is 0 Å². The fraction of sp³-hybridized carbons (Fsp3) is 0.625. The maximum absolute atomic E-state index is 11.5. The van der Waals surface area contributed by atoms with E-state index in [2.05, 4.69) is 5.32 Å². The van der Waals surface area contributed by atoms with Gasteiger partial charge in [0.1, 0.15) is 0 Å². The lowest BCUT2D eigenvalue weighted by Gasteiger charge is -2.50. The molecule has 1 unspecified atom stereocenters. The number of rotatable bonds is 7. The molecule has 1 aromatic carbocycles. The standard InChI is InChI=1S/C16H26N2O4/c1-20-16(21-2,22-3)15(19,18-11-9-17-10-12-18)13-14-7-5-4-6-8-14/h4-8,17,19H,9-13H2,1-3H3. The molecular formula is C16H26N2O4. The second-order valence-electron chi connectivity index (χ2n) is 5.38. The highest BCUT2D eigenvalue weighted by molar-refractivity contribution is 5.18. The largest absolute Gasteiger partial charge is 0.368 e. The Morgan fingerprint density at radius 2 is 1.59 bits per heavy atom. The fourth-order valence-corrected chi connectivity index (χ4v) is 3.07. The first-order valence-corrected chi connectivity index (χ1v) is 7.49. The SMILES string of the molecule is COC(OC)(OC)C(O)(Cc1ccccc1)N1CCNCC1. The molecule has 22 heavy (non-hydrogen) atoms. The van der Waals surface area contributed by atoms with E-state index in [0.29, 0.717) is 19.5 Å². The Balaban J connectivity index is 2.38. The quantitative estimate of drug-likeness (QED) is 0.712. The van der Waals surface area contributed by atoms with Crippen LogP contribution >= 0.6 is 0 Å². The summed E-state index contributed by atoms with van der Waals surface area (Å²) in [5, 5.41) is 14.8. The summed E-state index contributed by atoms with van der Waals surface area (Å²) >= 11 is 0. The van der Waals surface area contributed by atoms with Gasteiger partial charge in [0.2, 0.25) is 5.72 Å². The van der Waals surface area contributed by atoms with Crippen LogP contribution in [0.2, 0.25) is 0 Å². The van der Waals surface area contributed by atoms with E-state index in [1.54, 1.807) is 0 Å². The third kappa shape index (κ3) is 3.17. The molecule has 1 heterocycles. The minimum Gasteiger partial charge on any atom is -0.368 e. The summed E-state index contributed by atoms with van der Waals surface area (Å²) in [6.07, 6.45) is 0.337. The van der Waals surface area contributed by atoms with Crippen LogP contribution in [-0.2, 0) is 20.6 Å². The van der Waals surface area contributed by atoms with Crippen LogP contribution in [0.5, 0.6) is 0 Å². The van der Waals surface area contributed by atoms with Crippen molar-refractivity contribution in [3.05, 3.63) is 35.9 Å².